The highest BCUT2D eigenvalue weighted by molar-refractivity contribution is 5.78. The van der Waals surface area contributed by atoms with Crippen molar-refractivity contribution >= 4 is 16.9 Å². The van der Waals surface area contributed by atoms with Crippen molar-refractivity contribution < 1.29 is 0 Å². The fraction of sp³-hybridized carbons (Fsp3) is 0.267. The Labute approximate surface area is 117 Å². The van der Waals surface area contributed by atoms with Gasteiger partial charge in [-0.2, -0.15) is 0 Å². The summed E-state index contributed by atoms with van der Waals surface area (Å²) in [5.41, 5.74) is 4.52. The molecule has 0 spiro atoms. The predicted octanol–water partition coefficient (Wildman–Crippen LogP) is 2.86. The zero-order valence-electron chi connectivity index (χ0n) is 11.9. The molecule has 0 bridgehead atoms. The maximum absolute atomic E-state index is 4.56. The van der Waals surface area contributed by atoms with Crippen LogP contribution in [0.1, 0.15) is 18.1 Å². The molecule has 0 saturated carbocycles. The average Bonchev–Trinajstić information content (AvgIpc) is 2.83. The van der Waals surface area contributed by atoms with Crippen LogP contribution in [0.3, 0.4) is 0 Å². The number of aromatic nitrogens is 4. The van der Waals surface area contributed by atoms with Gasteiger partial charge in [0, 0.05) is 6.54 Å². The second kappa shape index (κ2) is 4.92. The van der Waals surface area contributed by atoms with Gasteiger partial charge in [0.25, 0.3) is 0 Å². The van der Waals surface area contributed by atoms with Crippen molar-refractivity contribution in [2.24, 2.45) is 0 Å². The van der Waals surface area contributed by atoms with E-state index >= 15 is 0 Å². The van der Waals surface area contributed by atoms with Gasteiger partial charge in [-0.15, -0.1) is 0 Å². The van der Waals surface area contributed by atoms with Gasteiger partial charge >= 0.3 is 0 Å². The number of rotatable bonds is 3. The molecule has 1 N–H and O–H groups in total. The lowest BCUT2D eigenvalue weighted by Crippen LogP contribution is -2.04. The van der Waals surface area contributed by atoms with Crippen LogP contribution in [-0.2, 0) is 0 Å². The molecule has 0 amide bonds. The SMILES string of the molecule is CCNc1cncc(-n2cnc3cc(C)c(C)cc32)n1. The van der Waals surface area contributed by atoms with Gasteiger partial charge in [0.05, 0.1) is 23.4 Å². The van der Waals surface area contributed by atoms with Gasteiger partial charge in [-0.3, -0.25) is 9.55 Å². The molecule has 1 aromatic carbocycles. The van der Waals surface area contributed by atoms with Crippen molar-refractivity contribution in [2.75, 3.05) is 11.9 Å². The number of hydrogen-bond donors (Lipinski definition) is 1. The van der Waals surface area contributed by atoms with Crippen LogP contribution >= 0.6 is 0 Å². The molecule has 102 valence electrons. The van der Waals surface area contributed by atoms with Crippen molar-refractivity contribution in [3.63, 3.8) is 0 Å². The zero-order chi connectivity index (χ0) is 14.1. The van der Waals surface area contributed by atoms with Crippen LogP contribution in [0.25, 0.3) is 16.9 Å². The van der Waals surface area contributed by atoms with Crippen LogP contribution in [0, 0.1) is 13.8 Å². The summed E-state index contributed by atoms with van der Waals surface area (Å²) in [5, 5.41) is 3.17. The Kier molecular flexibility index (Phi) is 3.10. The molecular weight excluding hydrogens is 250 g/mol. The predicted molar refractivity (Wildman–Crippen MR) is 80.3 cm³/mol. The first kappa shape index (κ1) is 12.6. The number of anilines is 1. The molecule has 0 radical (unpaired) electrons. The van der Waals surface area contributed by atoms with Crippen LogP contribution in [0.15, 0.2) is 30.9 Å². The number of benzene rings is 1. The fourth-order valence-corrected chi connectivity index (χ4v) is 2.18. The van der Waals surface area contributed by atoms with E-state index in [1.165, 1.54) is 11.1 Å². The Balaban J connectivity index is 2.14. The third kappa shape index (κ3) is 2.11. The molecular formula is C15H17N5. The van der Waals surface area contributed by atoms with Gasteiger partial charge in [-0.25, -0.2) is 9.97 Å². The third-order valence-electron chi connectivity index (χ3n) is 3.39. The molecule has 0 aliphatic carbocycles. The van der Waals surface area contributed by atoms with Crippen LogP contribution in [0.5, 0.6) is 0 Å². The number of aryl methyl sites for hydroxylation is 2. The van der Waals surface area contributed by atoms with E-state index in [1.807, 2.05) is 11.5 Å². The average molecular weight is 267 g/mol. The monoisotopic (exact) mass is 267 g/mol. The molecule has 5 nitrogen and oxygen atoms in total. The summed E-state index contributed by atoms with van der Waals surface area (Å²) in [6.07, 6.45) is 5.27. The molecule has 5 heteroatoms. The van der Waals surface area contributed by atoms with E-state index in [2.05, 4.69) is 46.2 Å². The summed E-state index contributed by atoms with van der Waals surface area (Å²) in [4.78, 5) is 13.2. The van der Waals surface area contributed by atoms with Crippen molar-refractivity contribution in [3.05, 3.63) is 42.0 Å². The molecule has 0 atom stereocenters. The smallest absolute Gasteiger partial charge is 0.159 e. The highest BCUT2D eigenvalue weighted by Crippen LogP contribution is 2.21. The van der Waals surface area contributed by atoms with E-state index in [9.17, 15) is 0 Å². The maximum Gasteiger partial charge on any atom is 0.159 e. The lowest BCUT2D eigenvalue weighted by Gasteiger charge is -2.07. The van der Waals surface area contributed by atoms with Crippen LogP contribution in [-0.4, -0.2) is 26.1 Å². The number of fused-ring (bicyclic) bond motifs is 1. The van der Waals surface area contributed by atoms with Crippen molar-refractivity contribution in [3.8, 4) is 5.82 Å². The lowest BCUT2D eigenvalue weighted by molar-refractivity contribution is 0.988. The van der Waals surface area contributed by atoms with E-state index in [0.717, 1.165) is 29.2 Å². The fourth-order valence-electron chi connectivity index (χ4n) is 2.18. The van der Waals surface area contributed by atoms with Gasteiger partial charge in [-0.05, 0) is 44.0 Å². The highest BCUT2D eigenvalue weighted by Gasteiger charge is 2.08. The molecule has 2 heterocycles. The van der Waals surface area contributed by atoms with Crippen LogP contribution < -0.4 is 5.32 Å². The quantitative estimate of drug-likeness (QED) is 0.792. The van der Waals surface area contributed by atoms with Gasteiger partial charge in [0.15, 0.2) is 5.82 Å². The van der Waals surface area contributed by atoms with Crippen molar-refractivity contribution in [1.82, 2.24) is 19.5 Å². The largest absolute Gasteiger partial charge is 0.369 e. The molecule has 0 fully saturated rings. The normalized spacial score (nSPS) is 10.9. The number of nitrogens with zero attached hydrogens (tertiary/aromatic N) is 4. The molecule has 3 rings (SSSR count). The molecule has 20 heavy (non-hydrogen) atoms. The van der Waals surface area contributed by atoms with Crippen LogP contribution in [0.4, 0.5) is 5.82 Å². The second-order valence-electron chi connectivity index (χ2n) is 4.83. The van der Waals surface area contributed by atoms with Gasteiger partial charge in [0.1, 0.15) is 12.1 Å². The van der Waals surface area contributed by atoms with E-state index in [4.69, 9.17) is 0 Å². The number of hydrogen-bond acceptors (Lipinski definition) is 4. The minimum Gasteiger partial charge on any atom is -0.369 e. The maximum atomic E-state index is 4.56. The van der Waals surface area contributed by atoms with Crippen LogP contribution in [0.2, 0.25) is 0 Å². The standard InChI is InChI=1S/C15H17N5/c1-4-17-14-7-16-8-15(19-14)20-9-18-12-5-10(2)11(3)6-13(12)20/h5-9H,4H2,1-3H3,(H,17,19). The Morgan fingerprint density at radius 2 is 1.95 bits per heavy atom. The molecule has 2 aromatic heterocycles. The van der Waals surface area contributed by atoms with E-state index in [1.54, 1.807) is 18.7 Å². The van der Waals surface area contributed by atoms with E-state index in [-0.39, 0.29) is 0 Å². The first-order valence-corrected chi connectivity index (χ1v) is 6.69. The van der Waals surface area contributed by atoms with E-state index < -0.39 is 0 Å². The molecule has 0 aliphatic rings. The van der Waals surface area contributed by atoms with Gasteiger partial charge in [-0.1, -0.05) is 0 Å². The van der Waals surface area contributed by atoms with Crippen molar-refractivity contribution in [2.45, 2.75) is 20.8 Å². The first-order chi connectivity index (χ1) is 9.69. The summed E-state index contributed by atoms with van der Waals surface area (Å²) in [7, 11) is 0. The number of imidazole rings is 1. The summed E-state index contributed by atoms with van der Waals surface area (Å²) in [6.45, 7) is 7.06. The summed E-state index contributed by atoms with van der Waals surface area (Å²) >= 11 is 0. The lowest BCUT2D eigenvalue weighted by atomic mass is 10.1. The highest BCUT2D eigenvalue weighted by atomic mass is 15.1. The first-order valence-electron chi connectivity index (χ1n) is 6.69. The third-order valence-corrected chi connectivity index (χ3v) is 3.39. The second-order valence-corrected chi connectivity index (χ2v) is 4.83. The minimum absolute atomic E-state index is 0.772. The molecule has 3 aromatic rings. The zero-order valence-corrected chi connectivity index (χ0v) is 11.9. The van der Waals surface area contributed by atoms with Gasteiger partial charge in [0.2, 0.25) is 0 Å². The topological polar surface area (TPSA) is 55.6 Å². The summed E-state index contributed by atoms with van der Waals surface area (Å²) in [6, 6.07) is 4.24. The Bertz CT molecular complexity index is 760. The summed E-state index contributed by atoms with van der Waals surface area (Å²) in [5.74, 6) is 1.55. The number of nitrogens with one attached hydrogen (secondary N) is 1. The molecule has 0 unspecified atom stereocenters. The minimum atomic E-state index is 0.772. The molecule has 0 aliphatic heterocycles. The Morgan fingerprint density at radius 1 is 1.15 bits per heavy atom. The Morgan fingerprint density at radius 3 is 2.75 bits per heavy atom. The van der Waals surface area contributed by atoms with E-state index in [0.29, 0.717) is 0 Å². The van der Waals surface area contributed by atoms with Gasteiger partial charge < -0.3 is 5.32 Å². The van der Waals surface area contributed by atoms with Crippen molar-refractivity contribution in [1.29, 1.82) is 0 Å². The molecule has 0 saturated heterocycles. The summed E-state index contributed by atoms with van der Waals surface area (Å²) < 4.78 is 1.97. The Hall–Kier alpha value is -2.43.